The predicted molar refractivity (Wildman–Crippen MR) is 101 cm³/mol. The molecule has 1 aromatic heterocycles. The molecule has 136 valence electrons. The van der Waals surface area contributed by atoms with E-state index in [2.05, 4.69) is 22.4 Å². The third-order valence-electron chi connectivity index (χ3n) is 5.48. The molecule has 0 saturated carbocycles. The van der Waals surface area contributed by atoms with Crippen molar-refractivity contribution < 1.29 is 4.79 Å². The third kappa shape index (κ3) is 3.93. The molecule has 0 aliphatic carbocycles. The van der Waals surface area contributed by atoms with E-state index in [1.807, 2.05) is 29.3 Å². The largest absolute Gasteiger partial charge is 0.338 e. The van der Waals surface area contributed by atoms with Gasteiger partial charge in [0.2, 0.25) is 5.91 Å². The highest BCUT2D eigenvalue weighted by molar-refractivity contribution is 5.76. The Bertz CT molecular complexity index is 756. The standard InChI is InChI=1S/C21H26N4O/c26-20(7-6-16-4-2-1-3-5-16)25-13-10-19-18(15-25)14-23-21(24-19)17-8-11-22-12-9-17/h1-5,14,17,22H,6-13,15H2. The topological polar surface area (TPSA) is 58.1 Å². The zero-order chi connectivity index (χ0) is 17.8. The highest BCUT2D eigenvalue weighted by Gasteiger charge is 2.24. The summed E-state index contributed by atoms with van der Waals surface area (Å²) in [5, 5.41) is 3.39. The van der Waals surface area contributed by atoms with Crippen LogP contribution in [0, 0.1) is 0 Å². The van der Waals surface area contributed by atoms with Crippen LogP contribution in [0.2, 0.25) is 0 Å². The van der Waals surface area contributed by atoms with Crippen molar-refractivity contribution in [2.24, 2.45) is 0 Å². The molecule has 2 aliphatic rings. The minimum atomic E-state index is 0.224. The Kier molecular flexibility index (Phi) is 5.25. The molecular weight excluding hydrogens is 324 g/mol. The van der Waals surface area contributed by atoms with Gasteiger partial charge in [0.1, 0.15) is 5.82 Å². The number of nitrogens with zero attached hydrogens (tertiary/aromatic N) is 3. The maximum atomic E-state index is 12.6. The SMILES string of the molecule is O=C(CCc1ccccc1)N1CCc2nc(C3CCNCC3)ncc2C1. The monoisotopic (exact) mass is 350 g/mol. The molecule has 5 nitrogen and oxygen atoms in total. The molecule has 5 heteroatoms. The fourth-order valence-electron chi connectivity index (χ4n) is 3.88. The van der Waals surface area contributed by atoms with Crippen LogP contribution in [-0.2, 0) is 24.2 Å². The van der Waals surface area contributed by atoms with Gasteiger partial charge >= 0.3 is 0 Å². The molecule has 1 N–H and O–H groups in total. The molecule has 0 radical (unpaired) electrons. The number of hydrogen-bond acceptors (Lipinski definition) is 4. The molecule has 2 aromatic rings. The first kappa shape index (κ1) is 17.2. The van der Waals surface area contributed by atoms with E-state index in [-0.39, 0.29) is 5.91 Å². The lowest BCUT2D eigenvalue weighted by molar-refractivity contribution is -0.132. The maximum Gasteiger partial charge on any atom is 0.223 e. The van der Waals surface area contributed by atoms with Gasteiger partial charge in [-0.1, -0.05) is 30.3 Å². The molecule has 1 amide bonds. The summed E-state index contributed by atoms with van der Waals surface area (Å²) in [4.78, 5) is 24.0. The number of hydrogen-bond donors (Lipinski definition) is 1. The number of amides is 1. The van der Waals surface area contributed by atoms with E-state index in [0.29, 0.717) is 18.9 Å². The summed E-state index contributed by atoms with van der Waals surface area (Å²) < 4.78 is 0. The highest BCUT2D eigenvalue weighted by Crippen LogP contribution is 2.25. The molecule has 1 saturated heterocycles. The van der Waals surface area contributed by atoms with E-state index in [4.69, 9.17) is 4.98 Å². The van der Waals surface area contributed by atoms with Gasteiger partial charge in [-0.25, -0.2) is 9.97 Å². The van der Waals surface area contributed by atoms with Crippen molar-refractivity contribution in [3.8, 4) is 0 Å². The molecule has 0 spiro atoms. The first-order chi connectivity index (χ1) is 12.8. The second-order valence-corrected chi connectivity index (χ2v) is 7.28. The first-order valence-corrected chi connectivity index (χ1v) is 9.67. The summed E-state index contributed by atoms with van der Waals surface area (Å²) in [7, 11) is 0. The van der Waals surface area contributed by atoms with Crippen molar-refractivity contribution >= 4 is 5.91 Å². The summed E-state index contributed by atoms with van der Waals surface area (Å²) in [6.45, 7) is 3.52. The molecule has 3 heterocycles. The van der Waals surface area contributed by atoms with E-state index < -0.39 is 0 Å². The second kappa shape index (κ2) is 7.96. The van der Waals surface area contributed by atoms with Crippen LogP contribution in [0.25, 0.3) is 0 Å². The molecular formula is C21H26N4O. The summed E-state index contributed by atoms with van der Waals surface area (Å²) in [5.74, 6) is 1.70. The first-order valence-electron chi connectivity index (χ1n) is 9.67. The van der Waals surface area contributed by atoms with Crippen molar-refractivity contribution in [3.63, 3.8) is 0 Å². The van der Waals surface area contributed by atoms with Crippen LogP contribution in [0.5, 0.6) is 0 Å². The fraction of sp³-hybridized carbons (Fsp3) is 0.476. The van der Waals surface area contributed by atoms with Gasteiger partial charge < -0.3 is 10.2 Å². The summed E-state index contributed by atoms with van der Waals surface area (Å²) in [6, 6.07) is 10.2. The zero-order valence-corrected chi connectivity index (χ0v) is 15.2. The van der Waals surface area contributed by atoms with E-state index in [0.717, 1.165) is 62.4 Å². The Balaban J connectivity index is 1.37. The van der Waals surface area contributed by atoms with Crippen molar-refractivity contribution in [2.75, 3.05) is 19.6 Å². The average Bonchev–Trinajstić information content (AvgIpc) is 2.72. The van der Waals surface area contributed by atoms with Crippen LogP contribution in [0.1, 0.15) is 47.8 Å². The minimum absolute atomic E-state index is 0.224. The molecule has 26 heavy (non-hydrogen) atoms. The smallest absolute Gasteiger partial charge is 0.223 e. The molecule has 4 rings (SSSR count). The number of piperidine rings is 1. The van der Waals surface area contributed by atoms with E-state index in [9.17, 15) is 4.79 Å². The number of aromatic nitrogens is 2. The van der Waals surface area contributed by atoms with Crippen LogP contribution < -0.4 is 5.32 Å². The van der Waals surface area contributed by atoms with Crippen LogP contribution in [-0.4, -0.2) is 40.4 Å². The molecule has 0 bridgehead atoms. The van der Waals surface area contributed by atoms with Crippen LogP contribution >= 0.6 is 0 Å². The van der Waals surface area contributed by atoms with Gasteiger partial charge in [-0.2, -0.15) is 0 Å². The number of rotatable bonds is 4. The van der Waals surface area contributed by atoms with E-state index in [1.165, 1.54) is 5.56 Å². The van der Waals surface area contributed by atoms with Crippen molar-refractivity contribution in [2.45, 2.75) is 44.6 Å². The number of nitrogens with one attached hydrogen (secondary N) is 1. The van der Waals surface area contributed by atoms with Gasteiger partial charge in [0, 0.05) is 43.6 Å². The molecule has 0 atom stereocenters. The normalized spacial score (nSPS) is 17.8. The zero-order valence-electron chi connectivity index (χ0n) is 15.2. The number of aryl methyl sites for hydroxylation is 1. The van der Waals surface area contributed by atoms with E-state index in [1.54, 1.807) is 0 Å². The van der Waals surface area contributed by atoms with Crippen LogP contribution in [0.15, 0.2) is 36.5 Å². The quantitative estimate of drug-likeness (QED) is 0.920. The second-order valence-electron chi connectivity index (χ2n) is 7.28. The Morgan fingerprint density at radius 2 is 2.00 bits per heavy atom. The van der Waals surface area contributed by atoms with Crippen molar-refractivity contribution in [1.29, 1.82) is 0 Å². The van der Waals surface area contributed by atoms with Gasteiger partial charge in [0.05, 0.1) is 5.69 Å². The van der Waals surface area contributed by atoms with Gasteiger partial charge in [-0.05, 0) is 37.9 Å². The Hall–Kier alpha value is -2.27. The van der Waals surface area contributed by atoms with Crippen LogP contribution in [0.4, 0.5) is 0 Å². The summed E-state index contributed by atoms with van der Waals surface area (Å²) >= 11 is 0. The molecule has 1 aromatic carbocycles. The average molecular weight is 350 g/mol. The number of fused-ring (bicyclic) bond motifs is 1. The lowest BCUT2D eigenvalue weighted by Crippen LogP contribution is -2.37. The third-order valence-corrected chi connectivity index (χ3v) is 5.48. The Morgan fingerprint density at radius 3 is 2.81 bits per heavy atom. The summed E-state index contributed by atoms with van der Waals surface area (Å²) in [6.07, 6.45) is 6.39. The van der Waals surface area contributed by atoms with Crippen molar-refractivity contribution in [3.05, 3.63) is 59.2 Å². The number of carbonyl (C=O) groups is 1. The minimum Gasteiger partial charge on any atom is -0.338 e. The Labute approximate surface area is 154 Å². The lowest BCUT2D eigenvalue weighted by Gasteiger charge is -2.29. The van der Waals surface area contributed by atoms with Gasteiger partial charge in [0.25, 0.3) is 0 Å². The Morgan fingerprint density at radius 1 is 1.19 bits per heavy atom. The van der Waals surface area contributed by atoms with Crippen molar-refractivity contribution in [1.82, 2.24) is 20.2 Å². The van der Waals surface area contributed by atoms with Gasteiger partial charge in [-0.3, -0.25) is 4.79 Å². The van der Waals surface area contributed by atoms with Crippen LogP contribution in [0.3, 0.4) is 0 Å². The highest BCUT2D eigenvalue weighted by atomic mass is 16.2. The predicted octanol–water partition coefficient (Wildman–Crippen LogP) is 2.46. The molecule has 2 aliphatic heterocycles. The summed E-state index contributed by atoms with van der Waals surface area (Å²) in [5.41, 5.74) is 3.47. The van der Waals surface area contributed by atoms with Gasteiger partial charge in [-0.15, -0.1) is 0 Å². The number of carbonyl (C=O) groups excluding carboxylic acids is 1. The number of benzene rings is 1. The fourth-order valence-corrected chi connectivity index (χ4v) is 3.88. The molecule has 0 unspecified atom stereocenters. The maximum absolute atomic E-state index is 12.6. The lowest BCUT2D eigenvalue weighted by atomic mass is 9.96. The van der Waals surface area contributed by atoms with Gasteiger partial charge in [0.15, 0.2) is 0 Å². The molecule has 1 fully saturated rings. The van der Waals surface area contributed by atoms with E-state index >= 15 is 0 Å².